The van der Waals surface area contributed by atoms with Crippen molar-refractivity contribution >= 4 is 11.9 Å². The van der Waals surface area contributed by atoms with Crippen molar-refractivity contribution in [3.8, 4) is 0 Å². The highest BCUT2D eigenvalue weighted by Crippen LogP contribution is 2.34. The van der Waals surface area contributed by atoms with Crippen molar-refractivity contribution in [3.63, 3.8) is 0 Å². The number of rotatable bonds is 4. The molecule has 1 fully saturated rings. The fourth-order valence-corrected chi connectivity index (χ4v) is 2.26. The van der Waals surface area contributed by atoms with Gasteiger partial charge in [-0.3, -0.25) is 4.79 Å². The van der Waals surface area contributed by atoms with Gasteiger partial charge < -0.3 is 10.0 Å². The number of amides is 1. The minimum absolute atomic E-state index is 0.0871. The molecule has 0 heterocycles. The molecule has 4 heteroatoms. The van der Waals surface area contributed by atoms with Crippen LogP contribution in [-0.2, 0) is 9.59 Å². The summed E-state index contributed by atoms with van der Waals surface area (Å²) in [5.74, 6) is -1.14. The van der Waals surface area contributed by atoms with Gasteiger partial charge in [0.2, 0.25) is 5.91 Å². The van der Waals surface area contributed by atoms with Crippen LogP contribution in [0.15, 0.2) is 24.3 Å². The predicted molar refractivity (Wildman–Crippen MR) is 67.1 cm³/mol. The molecule has 0 saturated heterocycles. The number of hydrogen-bond donors (Lipinski definition) is 1. The third-order valence-corrected chi connectivity index (χ3v) is 3.17. The smallest absolute Gasteiger partial charge is 0.331 e. The van der Waals surface area contributed by atoms with E-state index < -0.39 is 12.0 Å². The summed E-state index contributed by atoms with van der Waals surface area (Å²) >= 11 is 0. The van der Waals surface area contributed by atoms with Crippen molar-refractivity contribution in [2.45, 2.75) is 38.8 Å². The lowest BCUT2D eigenvalue weighted by Crippen LogP contribution is -2.39. The lowest BCUT2D eigenvalue weighted by Gasteiger charge is -2.28. The molecule has 1 N–H and O–H groups in total. The van der Waals surface area contributed by atoms with Crippen LogP contribution in [0.5, 0.6) is 0 Å². The Morgan fingerprint density at radius 1 is 1.39 bits per heavy atom. The average molecular weight is 247 g/mol. The zero-order valence-electron chi connectivity index (χ0n) is 10.6. The van der Waals surface area contributed by atoms with Gasteiger partial charge in [-0.25, -0.2) is 4.79 Å². The van der Waals surface area contributed by atoms with Crippen molar-refractivity contribution < 1.29 is 14.7 Å². The van der Waals surface area contributed by atoms with Gasteiger partial charge in [-0.15, -0.1) is 0 Å². The number of aryl methyl sites for hydroxylation is 1. The zero-order chi connectivity index (χ0) is 13.3. The highest BCUT2D eigenvalue weighted by atomic mass is 16.4. The molecular weight excluding hydrogens is 230 g/mol. The number of nitrogens with zero attached hydrogens (tertiary/aromatic N) is 1. The molecule has 1 unspecified atom stereocenters. The maximum Gasteiger partial charge on any atom is 0.331 e. The van der Waals surface area contributed by atoms with Gasteiger partial charge in [0.25, 0.3) is 0 Å². The summed E-state index contributed by atoms with van der Waals surface area (Å²) in [5.41, 5.74) is 1.67. The third-order valence-electron chi connectivity index (χ3n) is 3.17. The summed E-state index contributed by atoms with van der Waals surface area (Å²) in [6.45, 7) is 3.35. The van der Waals surface area contributed by atoms with Crippen molar-refractivity contribution in [1.82, 2.24) is 4.90 Å². The first-order chi connectivity index (χ1) is 8.50. The summed E-state index contributed by atoms with van der Waals surface area (Å²) in [7, 11) is 0. The van der Waals surface area contributed by atoms with Gasteiger partial charge in [0.1, 0.15) is 0 Å². The molecule has 1 aliphatic carbocycles. The molecule has 0 bridgehead atoms. The van der Waals surface area contributed by atoms with Gasteiger partial charge >= 0.3 is 5.97 Å². The Morgan fingerprint density at radius 2 is 2.06 bits per heavy atom. The third kappa shape index (κ3) is 2.53. The van der Waals surface area contributed by atoms with E-state index in [4.69, 9.17) is 0 Å². The van der Waals surface area contributed by atoms with Crippen LogP contribution in [0.2, 0.25) is 0 Å². The van der Waals surface area contributed by atoms with E-state index in [1.165, 1.54) is 11.8 Å². The number of carboxylic acid groups (broad SMARTS) is 1. The SMILES string of the molecule is CC(=O)N(C1CC1)C(C(=O)O)c1cccc(C)c1. The lowest BCUT2D eigenvalue weighted by molar-refractivity contribution is -0.150. The largest absolute Gasteiger partial charge is 0.479 e. The van der Waals surface area contributed by atoms with Crippen LogP contribution in [0.3, 0.4) is 0 Å². The Morgan fingerprint density at radius 3 is 2.50 bits per heavy atom. The maximum absolute atomic E-state index is 11.7. The highest BCUT2D eigenvalue weighted by molar-refractivity contribution is 5.84. The molecule has 0 aliphatic heterocycles. The lowest BCUT2D eigenvalue weighted by atomic mass is 10.0. The fraction of sp³-hybridized carbons (Fsp3) is 0.429. The summed E-state index contributed by atoms with van der Waals surface area (Å²) in [5, 5.41) is 9.42. The average Bonchev–Trinajstić information content (AvgIpc) is 3.08. The van der Waals surface area contributed by atoms with Crippen molar-refractivity contribution in [2.24, 2.45) is 0 Å². The number of carbonyl (C=O) groups excluding carboxylic acids is 1. The Balaban J connectivity index is 2.38. The maximum atomic E-state index is 11.7. The minimum Gasteiger partial charge on any atom is -0.479 e. The number of hydrogen-bond acceptors (Lipinski definition) is 2. The van der Waals surface area contributed by atoms with Crippen molar-refractivity contribution in [3.05, 3.63) is 35.4 Å². The van der Waals surface area contributed by atoms with Crippen molar-refractivity contribution in [2.75, 3.05) is 0 Å². The summed E-state index contributed by atoms with van der Waals surface area (Å²) in [6, 6.07) is 6.56. The number of benzene rings is 1. The Kier molecular flexibility index (Phi) is 3.36. The second-order valence-corrected chi connectivity index (χ2v) is 4.81. The van der Waals surface area contributed by atoms with Crippen LogP contribution in [0, 0.1) is 6.92 Å². The molecule has 18 heavy (non-hydrogen) atoms. The summed E-state index contributed by atoms with van der Waals surface area (Å²) in [6.07, 6.45) is 1.80. The van der Waals surface area contributed by atoms with Crippen LogP contribution >= 0.6 is 0 Å². The summed E-state index contributed by atoms with van der Waals surface area (Å²) < 4.78 is 0. The number of aliphatic carboxylic acids is 1. The van der Waals surface area contributed by atoms with Crippen molar-refractivity contribution in [1.29, 1.82) is 0 Å². The van der Waals surface area contributed by atoms with Crippen LogP contribution in [0.1, 0.15) is 36.9 Å². The van der Waals surface area contributed by atoms with Crippen LogP contribution < -0.4 is 0 Å². The highest BCUT2D eigenvalue weighted by Gasteiger charge is 2.39. The van der Waals surface area contributed by atoms with Gasteiger partial charge in [0, 0.05) is 13.0 Å². The molecule has 0 radical (unpaired) electrons. The number of carboxylic acids is 1. The zero-order valence-corrected chi connectivity index (χ0v) is 10.6. The molecule has 1 aromatic rings. The Labute approximate surface area is 106 Å². The standard InChI is InChI=1S/C14H17NO3/c1-9-4-3-5-11(8-9)13(14(17)18)15(10(2)16)12-6-7-12/h3-5,8,12-13H,6-7H2,1-2H3,(H,17,18). The van der Waals surface area contributed by atoms with Gasteiger partial charge in [0.15, 0.2) is 6.04 Å². The normalized spacial score (nSPS) is 16.1. The van der Waals surface area contributed by atoms with Gasteiger partial charge in [-0.05, 0) is 25.3 Å². The molecular formula is C14H17NO3. The minimum atomic E-state index is -0.970. The quantitative estimate of drug-likeness (QED) is 0.886. The molecule has 0 spiro atoms. The van der Waals surface area contributed by atoms with E-state index >= 15 is 0 Å². The topological polar surface area (TPSA) is 57.6 Å². The second kappa shape index (κ2) is 4.80. The molecule has 4 nitrogen and oxygen atoms in total. The van der Waals surface area contributed by atoms with Gasteiger partial charge in [0.05, 0.1) is 0 Å². The second-order valence-electron chi connectivity index (χ2n) is 4.81. The molecule has 1 aromatic carbocycles. The molecule has 1 amide bonds. The number of carbonyl (C=O) groups is 2. The van der Waals surface area contributed by atoms with E-state index in [9.17, 15) is 14.7 Å². The van der Waals surface area contributed by atoms with E-state index in [1.807, 2.05) is 25.1 Å². The predicted octanol–water partition coefficient (Wildman–Crippen LogP) is 2.13. The molecule has 1 saturated carbocycles. The first-order valence-electron chi connectivity index (χ1n) is 6.09. The van der Waals surface area contributed by atoms with Gasteiger partial charge in [-0.2, -0.15) is 0 Å². The molecule has 0 aromatic heterocycles. The van der Waals surface area contributed by atoms with Crippen LogP contribution in [0.25, 0.3) is 0 Å². The van der Waals surface area contributed by atoms with Crippen LogP contribution in [0.4, 0.5) is 0 Å². The first kappa shape index (κ1) is 12.6. The van der Waals surface area contributed by atoms with E-state index in [2.05, 4.69) is 0 Å². The monoisotopic (exact) mass is 247 g/mol. The summed E-state index contributed by atoms with van der Waals surface area (Å²) in [4.78, 5) is 24.7. The van der Waals surface area contributed by atoms with E-state index in [-0.39, 0.29) is 11.9 Å². The molecule has 1 aliphatic rings. The van der Waals surface area contributed by atoms with E-state index in [0.29, 0.717) is 5.56 Å². The molecule has 96 valence electrons. The Hall–Kier alpha value is -1.84. The molecule has 2 rings (SSSR count). The van der Waals surface area contributed by atoms with E-state index in [0.717, 1.165) is 18.4 Å². The molecule has 1 atom stereocenters. The Bertz CT molecular complexity index is 480. The first-order valence-corrected chi connectivity index (χ1v) is 6.09. The van der Waals surface area contributed by atoms with Gasteiger partial charge in [-0.1, -0.05) is 29.8 Å². The van der Waals surface area contributed by atoms with E-state index in [1.54, 1.807) is 6.07 Å². The fourth-order valence-electron chi connectivity index (χ4n) is 2.26. The van der Waals surface area contributed by atoms with Crippen LogP contribution in [-0.4, -0.2) is 27.9 Å².